The highest BCUT2D eigenvalue weighted by molar-refractivity contribution is 7.93. The summed E-state index contributed by atoms with van der Waals surface area (Å²) in [6.45, 7) is 0. The Morgan fingerprint density at radius 1 is 0.861 bits per heavy atom. The lowest BCUT2D eigenvalue weighted by atomic mass is 10.1. The van der Waals surface area contributed by atoms with Gasteiger partial charge in [-0.2, -0.15) is 0 Å². The third-order valence-electron chi connectivity index (χ3n) is 5.18. The number of hydrogen-bond acceptors (Lipinski definition) is 9. The van der Waals surface area contributed by atoms with Crippen LogP contribution in [0.5, 0.6) is 23.0 Å². The fraction of sp³-hybridized carbons (Fsp3) is 0.200. The van der Waals surface area contributed by atoms with E-state index in [9.17, 15) is 18.5 Å². The molecular weight excluding hydrogens is 488 g/mol. The molecule has 190 valence electrons. The largest absolute Gasteiger partial charge is 0.496 e. The number of anilines is 2. The fourth-order valence-corrected chi connectivity index (χ4v) is 4.50. The maximum absolute atomic E-state index is 12.9. The zero-order valence-corrected chi connectivity index (χ0v) is 21.0. The molecule has 0 radical (unpaired) electrons. The maximum atomic E-state index is 12.9. The van der Waals surface area contributed by atoms with E-state index in [1.54, 1.807) is 42.5 Å². The molecule has 3 aromatic carbocycles. The second-order valence-electron chi connectivity index (χ2n) is 7.52. The quantitative estimate of drug-likeness (QED) is 0.279. The van der Waals surface area contributed by atoms with Crippen LogP contribution in [0.3, 0.4) is 0 Å². The number of nitro benzene ring substituents is 1. The van der Waals surface area contributed by atoms with E-state index in [0.717, 1.165) is 5.41 Å². The second kappa shape index (κ2) is 11.5. The number of methoxy groups -OCH3 is 4. The third-order valence-corrected chi connectivity index (χ3v) is 6.47. The number of rotatable bonds is 11. The molecule has 0 fully saturated rings. The normalized spacial score (nSPS) is 11.2. The molecule has 0 spiro atoms. The van der Waals surface area contributed by atoms with Gasteiger partial charge in [-0.25, -0.2) is 8.42 Å². The Balaban J connectivity index is 1.85. The number of benzene rings is 3. The summed E-state index contributed by atoms with van der Waals surface area (Å²) in [5.74, 6) is 1.52. The Kier molecular flexibility index (Phi) is 8.38. The molecule has 0 atom stereocenters. The van der Waals surface area contributed by atoms with Gasteiger partial charge in [-0.1, -0.05) is 6.07 Å². The number of sulfone groups is 1. The predicted octanol–water partition coefficient (Wildman–Crippen LogP) is 4.96. The third kappa shape index (κ3) is 6.45. The monoisotopic (exact) mass is 514 g/mol. The van der Waals surface area contributed by atoms with Crippen LogP contribution in [0.4, 0.5) is 17.1 Å². The van der Waals surface area contributed by atoms with Gasteiger partial charge in [-0.15, -0.1) is 0 Å². The molecule has 0 aliphatic carbocycles. The van der Waals surface area contributed by atoms with Crippen molar-refractivity contribution in [2.75, 3.05) is 33.8 Å². The van der Waals surface area contributed by atoms with Crippen molar-refractivity contribution < 1.29 is 32.3 Å². The van der Waals surface area contributed by atoms with Crippen LogP contribution in [0, 0.1) is 10.1 Å². The van der Waals surface area contributed by atoms with Crippen molar-refractivity contribution in [1.82, 2.24) is 0 Å². The van der Waals surface area contributed by atoms with Crippen LogP contribution in [-0.4, -0.2) is 41.8 Å². The maximum Gasteiger partial charge on any atom is 0.269 e. The first kappa shape index (κ1) is 26.4. The first-order valence-corrected chi connectivity index (χ1v) is 12.3. The molecule has 0 saturated carbocycles. The van der Waals surface area contributed by atoms with Gasteiger partial charge < -0.3 is 24.3 Å². The molecule has 3 aromatic rings. The van der Waals surface area contributed by atoms with Gasteiger partial charge >= 0.3 is 0 Å². The van der Waals surface area contributed by atoms with Gasteiger partial charge in [0.2, 0.25) is 0 Å². The molecule has 0 saturated heterocycles. The lowest BCUT2D eigenvalue weighted by Crippen LogP contribution is -2.02. The van der Waals surface area contributed by atoms with Crippen molar-refractivity contribution >= 4 is 33.0 Å². The lowest BCUT2D eigenvalue weighted by Gasteiger charge is -2.13. The Morgan fingerprint density at radius 2 is 1.47 bits per heavy atom. The topological polar surface area (TPSA) is 126 Å². The summed E-state index contributed by atoms with van der Waals surface area (Å²) in [5.41, 5.74) is 2.03. The highest BCUT2D eigenvalue weighted by Crippen LogP contribution is 2.35. The number of ether oxygens (including phenoxy) is 4. The molecule has 0 amide bonds. The van der Waals surface area contributed by atoms with Crippen molar-refractivity contribution in [3.8, 4) is 23.0 Å². The minimum Gasteiger partial charge on any atom is -0.496 e. The summed E-state index contributed by atoms with van der Waals surface area (Å²) in [6, 6.07) is 14.1. The summed E-state index contributed by atoms with van der Waals surface area (Å²) < 4.78 is 47.1. The van der Waals surface area contributed by atoms with Crippen LogP contribution < -0.4 is 24.3 Å². The van der Waals surface area contributed by atoms with E-state index < -0.39 is 14.8 Å². The standard InChI is InChI=1S/C25H26N2O8S/c1-32-20-14-24(34-3)21(25(15-20)35-4)11-12-36(30,31)16-17-5-10-23(33-2)22(13-17)26-18-6-8-19(9-7-18)27(28)29/h5-15,26H,16H2,1-4H3. The van der Waals surface area contributed by atoms with Crippen molar-refractivity contribution in [3.05, 3.63) is 81.2 Å². The van der Waals surface area contributed by atoms with Crippen molar-refractivity contribution in [2.24, 2.45) is 0 Å². The highest BCUT2D eigenvalue weighted by Gasteiger charge is 2.15. The Hall–Kier alpha value is -4.25. The van der Waals surface area contributed by atoms with Crippen LogP contribution in [0.1, 0.15) is 11.1 Å². The number of non-ortho nitro benzene ring substituents is 1. The van der Waals surface area contributed by atoms with Crippen molar-refractivity contribution in [1.29, 1.82) is 0 Å². The van der Waals surface area contributed by atoms with E-state index in [2.05, 4.69) is 5.32 Å². The summed E-state index contributed by atoms with van der Waals surface area (Å²) in [5, 5.41) is 15.1. The predicted molar refractivity (Wildman–Crippen MR) is 137 cm³/mol. The zero-order valence-electron chi connectivity index (χ0n) is 20.2. The van der Waals surface area contributed by atoms with Gasteiger partial charge in [0, 0.05) is 35.4 Å². The van der Waals surface area contributed by atoms with E-state index in [-0.39, 0.29) is 11.4 Å². The Morgan fingerprint density at radius 3 is 2.00 bits per heavy atom. The van der Waals surface area contributed by atoms with Gasteiger partial charge in [-0.05, 0) is 35.9 Å². The molecule has 10 nitrogen and oxygen atoms in total. The Labute approximate surface area is 209 Å². The van der Waals surface area contributed by atoms with Crippen LogP contribution in [-0.2, 0) is 15.6 Å². The molecule has 0 aliphatic heterocycles. The summed E-state index contributed by atoms with van der Waals surface area (Å²) in [6.07, 6.45) is 1.42. The first-order chi connectivity index (χ1) is 17.2. The zero-order chi connectivity index (χ0) is 26.3. The number of nitro groups is 1. The van der Waals surface area contributed by atoms with Gasteiger partial charge in [0.15, 0.2) is 9.84 Å². The smallest absolute Gasteiger partial charge is 0.269 e. The molecule has 3 rings (SSSR count). The minimum atomic E-state index is -3.69. The molecule has 36 heavy (non-hydrogen) atoms. The van der Waals surface area contributed by atoms with E-state index >= 15 is 0 Å². The van der Waals surface area contributed by atoms with Crippen molar-refractivity contribution in [3.63, 3.8) is 0 Å². The van der Waals surface area contributed by atoms with E-state index in [1.165, 1.54) is 46.6 Å². The summed E-state index contributed by atoms with van der Waals surface area (Å²) >= 11 is 0. The molecular formula is C25H26N2O8S. The lowest BCUT2D eigenvalue weighted by molar-refractivity contribution is -0.384. The molecule has 0 unspecified atom stereocenters. The molecule has 0 aliphatic rings. The van der Waals surface area contributed by atoms with E-state index in [4.69, 9.17) is 18.9 Å². The van der Waals surface area contributed by atoms with Crippen LogP contribution in [0.25, 0.3) is 6.08 Å². The van der Waals surface area contributed by atoms with Gasteiger partial charge in [0.1, 0.15) is 23.0 Å². The van der Waals surface area contributed by atoms with Gasteiger partial charge in [-0.3, -0.25) is 10.1 Å². The summed E-state index contributed by atoms with van der Waals surface area (Å²) in [4.78, 5) is 10.4. The second-order valence-corrected chi connectivity index (χ2v) is 9.41. The number of nitrogens with one attached hydrogen (secondary N) is 1. The van der Waals surface area contributed by atoms with Crippen LogP contribution >= 0.6 is 0 Å². The van der Waals surface area contributed by atoms with Crippen LogP contribution in [0.15, 0.2) is 60.0 Å². The Bertz CT molecular complexity index is 1340. The minimum absolute atomic E-state index is 0.0377. The first-order valence-electron chi connectivity index (χ1n) is 10.6. The number of hydrogen-bond donors (Lipinski definition) is 1. The van der Waals surface area contributed by atoms with Crippen LogP contribution in [0.2, 0.25) is 0 Å². The molecule has 0 bridgehead atoms. The summed E-state index contributed by atoms with van der Waals surface area (Å²) in [7, 11) is 2.25. The molecule has 0 heterocycles. The van der Waals surface area contributed by atoms with E-state index in [0.29, 0.717) is 45.5 Å². The van der Waals surface area contributed by atoms with E-state index in [1.807, 2.05) is 0 Å². The van der Waals surface area contributed by atoms with Gasteiger partial charge in [0.25, 0.3) is 5.69 Å². The number of nitrogens with zero attached hydrogens (tertiary/aromatic N) is 1. The molecule has 11 heteroatoms. The average Bonchev–Trinajstić information content (AvgIpc) is 2.87. The molecule has 0 aromatic heterocycles. The molecule has 1 N–H and O–H groups in total. The SMILES string of the molecule is COc1cc(OC)c(C=CS(=O)(=O)Cc2ccc(OC)c(Nc3ccc([N+](=O)[O-])cc3)c2)c(OC)c1. The average molecular weight is 515 g/mol. The van der Waals surface area contributed by atoms with Gasteiger partial charge in [0.05, 0.1) is 50.4 Å². The highest BCUT2D eigenvalue weighted by atomic mass is 32.2. The van der Waals surface area contributed by atoms with Crippen molar-refractivity contribution in [2.45, 2.75) is 5.75 Å². The fourth-order valence-electron chi connectivity index (χ4n) is 3.41.